The van der Waals surface area contributed by atoms with Gasteiger partial charge in [-0.3, -0.25) is 4.79 Å². The summed E-state index contributed by atoms with van der Waals surface area (Å²) in [4.78, 5) is 26.9. The predicted octanol–water partition coefficient (Wildman–Crippen LogP) is 6.78. The van der Waals surface area contributed by atoms with Gasteiger partial charge in [0.15, 0.2) is 0 Å². The summed E-state index contributed by atoms with van der Waals surface area (Å²) in [6.45, 7) is 6.12. The van der Waals surface area contributed by atoms with Gasteiger partial charge in [0.1, 0.15) is 5.75 Å². The summed E-state index contributed by atoms with van der Waals surface area (Å²) in [7, 11) is 1.63. The van der Waals surface area contributed by atoms with Crippen molar-refractivity contribution in [3.05, 3.63) is 89.5 Å². The largest absolute Gasteiger partial charge is 0.497 e. The molecule has 37 heavy (non-hydrogen) atoms. The van der Waals surface area contributed by atoms with Crippen LogP contribution in [-0.4, -0.2) is 35.5 Å². The highest BCUT2D eigenvalue weighted by Gasteiger charge is 2.54. The molecule has 0 spiro atoms. The SMILES string of the molecule is COc1ccc(C(=O)N(Cc2ccc(-c3ccc(C(=O)O)cc3)cc2)C[C@@H]2CC[C@H]3C[C@@H]2C3(C)C)cc1. The monoisotopic (exact) mass is 497 g/mol. The number of hydrogen-bond acceptors (Lipinski definition) is 3. The van der Waals surface area contributed by atoms with Crippen LogP contribution < -0.4 is 4.74 Å². The van der Waals surface area contributed by atoms with Gasteiger partial charge < -0.3 is 14.7 Å². The number of carboxylic acid groups (broad SMARTS) is 1. The highest BCUT2D eigenvalue weighted by atomic mass is 16.5. The van der Waals surface area contributed by atoms with E-state index in [9.17, 15) is 9.59 Å². The molecule has 6 rings (SSSR count). The van der Waals surface area contributed by atoms with Crippen molar-refractivity contribution in [3.63, 3.8) is 0 Å². The molecule has 1 N–H and O–H groups in total. The van der Waals surface area contributed by atoms with Crippen LogP contribution in [0.1, 0.15) is 59.4 Å². The Morgan fingerprint density at radius 2 is 1.49 bits per heavy atom. The van der Waals surface area contributed by atoms with Crippen LogP contribution in [0.5, 0.6) is 5.75 Å². The number of carbonyl (C=O) groups is 2. The molecule has 3 fully saturated rings. The molecule has 3 saturated carbocycles. The molecular weight excluding hydrogens is 462 g/mol. The van der Waals surface area contributed by atoms with E-state index in [-0.39, 0.29) is 11.5 Å². The molecule has 3 aliphatic rings. The third-order valence-corrected chi connectivity index (χ3v) is 8.87. The second-order valence-electron chi connectivity index (χ2n) is 11.2. The summed E-state index contributed by atoms with van der Waals surface area (Å²) < 4.78 is 5.28. The minimum atomic E-state index is -0.928. The van der Waals surface area contributed by atoms with Crippen molar-refractivity contribution in [1.82, 2.24) is 4.90 Å². The van der Waals surface area contributed by atoms with Gasteiger partial charge in [-0.25, -0.2) is 4.79 Å². The van der Waals surface area contributed by atoms with Gasteiger partial charge >= 0.3 is 5.97 Å². The normalized spacial score (nSPS) is 21.5. The molecule has 2 bridgehead atoms. The molecule has 0 saturated heterocycles. The van der Waals surface area contributed by atoms with Crippen molar-refractivity contribution in [2.75, 3.05) is 13.7 Å². The van der Waals surface area contributed by atoms with Crippen LogP contribution in [0.3, 0.4) is 0 Å². The smallest absolute Gasteiger partial charge is 0.335 e. The Hall–Kier alpha value is -3.60. The van der Waals surface area contributed by atoms with E-state index in [1.165, 1.54) is 19.3 Å². The van der Waals surface area contributed by atoms with Crippen LogP contribution in [0, 0.1) is 23.2 Å². The number of aromatic carboxylic acids is 1. The zero-order chi connectivity index (χ0) is 26.2. The van der Waals surface area contributed by atoms with Gasteiger partial charge in [-0.05, 0) is 95.5 Å². The van der Waals surface area contributed by atoms with Gasteiger partial charge in [0, 0.05) is 18.7 Å². The second kappa shape index (κ2) is 10.0. The fourth-order valence-corrected chi connectivity index (χ4v) is 6.43. The molecule has 0 radical (unpaired) electrons. The number of fused-ring (bicyclic) bond motifs is 2. The third-order valence-electron chi connectivity index (χ3n) is 8.87. The first-order valence-corrected chi connectivity index (χ1v) is 13.1. The lowest BCUT2D eigenvalue weighted by molar-refractivity contribution is -0.109. The standard InChI is InChI=1S/C32H35NO4/c1-32(2)27-15-12-26(29(32)18-27)20-33(30(34)24-13-16-28(37-3)17-14-24)19-21-4-6-22(7-5-21)23-8-10-25(11-9-23)31(35)36/h4-11,13-14,16-17,26-27,29H,12,15,18-20H2,1-3H3,(H,35,36)/t26-,27-,29-/m0/s1. The molecule has 3 aromatic carbocycles. The quantitative estimate of drug-likeness (QED) is 0.373. The number of carbonyl (C=O) groups excluding carboxylic acids is 1. The number of carboxylic acids is 1. The third kappa shape index (κ3) is 5.00. The van der Waals surface area contributed by atoms with Gasteiger partial charge in [0.05, 0.1) is 12.7 Å². The molecule has 0 aromatic heterocycles. The van der Waals surface area contributed by atoms with Crippen molar-refractivity contribution < 1.29 is 19.4 Å². The topological polar surface area (TPSA) is 66.8 Å². The summed E-state index contributed by atoms with van der Waals surface area (Å²) in [6, 6.07) is 22.5. The lowest BCUT2D eigenvalue weighted by Crippen LogP contribution is -2.55. The van der Waals surface area contributed by atoms with E-state index >= 15 is 0 Å². The summed E-state index contributed by atoms with van der Waals surface area (Å²) in [5.74, 6) is 1.89. The maximum absolute atomic E-state index is 13.7. The van der Waals surface area contributed by atoms with Gasteiger partial charge in [0.2, 0.25) is 0 Å². The fourth-order valence-electron chi connectivity index (χ4n) is 6.43. The molecular formula is C32H35NO4. The molecule has 0 unspecified atom stereocenters. The Morgan fingerprint density at radius 3 is 2.03 bits per heavy atom. The second-order valence-corrected chi connectivity index (χ2v) is 11.2. The van der Waals surface area contributed by atoms with Gasteiger partial charge in [-0.15, -0.1) is 0 Å². The minimum Gasteiger partial charge on any atom is -0.497 e. The Morgan fingerprint density at radius 1 is 0.892 bits per heavy atom. The highest BCUT2D eigenvalue weighted by molar-refractivity contribution is 5.94. The van der Waals surface area contributed by atoms with Crippen molar-refractivity contribution >= 4 is 11.9 Å². The number of ether oxygens (including phenoxy) is 1. The molecule has 0 aliphatic heterocycles. The van der Waals surface area contributed by atoms with Crippen LogP contribution in [0.2, 0.25) is 0 Å². The van der Waals surface area contributed by atoms with Crippen LogP contribution in [0.4, 0.5) is 0 Å². The number of methoxy groups -OCH3 is 1. The maximum Gasteiger partial charge on any atom is 0.335 e. The minimum absolute atomic E-state index is 0.0512. The molecule has 0 heterocycles. The average molecular weight is 498 g/mol. The molecule has 1 amide bonds. The Kier molecular flexibility index (Phi) is 6.80. The van der Waals surface area contributed by atoms with Gasteiger partial charge in [-0.2, -0.15) is 0 Å². The molecule has 192 valence electrons. The summed E-state index contributed by atoms with van der Waals surface area (Å²) in [6.07, 6.45) is 3.74. The predicted molar refractivity (Wildman–Crippen MR) is 145 cm³/mol. The van der Waals surface area contributed by atoms with E-state index in [1.807, 2.05) is 53.4 Å². The molecule has 3 atom stereocenters. The zero-order valence-corrected chi connectivity index (χ0v) is 21.8. The molecule has 5 nitrogen and oxygen atoms in total. The fraction of sp³-hybridized carbons (Fsp3) is 0.375. The van der Waals surface area contributed by atoms with Crippen LogP contribution in [0.15, 0.2) is 72.8 Å². The zero-order valence-electron chi connectivity index (χ0n) is 21.8. The Labute approximate surface area is 219 Å². The summed E-state index contributed by atoms with van der Waals surface area (Å²) in [5.41, 5.74) is 4.38. The summed E-state index contributed by atoms with van der Waals surface area (Å²) in [5, 5.41) is 9.15. The van der Waals surface area contributed by atoms with E-state index in [0.29, 0.717) is 29.4 Å². The van der Waals surface area contributed by atoms with Crippen LogP contribution >= 0.6 is 0 Å². The van der Waals surface area contributed by atoms with Gasteiger partial charge in [0.25, 0.3) is 5.91 Å². The van der Waals surface area contributed by atoms with E-state index in [0.717, 1.165) is 34.9 Å². The molecule has 3 aliphatic carbocycles. The van der Waals surface area contributed by atoms with Crippen molar-refractivity contribution in [2.45, 2.75) is 39.7 Å². The van der Waals surface area contributed by atoms with Crippen molar-refractivity contribution in [1.29, 1.82) is 0 Å². The number of hydrogen-bond donors (Lipinski definition) is 1. The van der Waals surface area contributed by atoms with E-state index < -0.39 is 5.97 Å². The van der Waals surface area contributed by atoms with Gasteiger partial charge in [-0.1, -0.05) is 50.2 Å². The lowest BCUT2D eigenvalue weighted by Gasteiger charge is -2.60. The average Bonchev–Trinajstić information content (AvgIpc) is 2.92. The first-order chi connectivity index (χ1) is 17.8. The van der Waals surface area contributed by atoms with E-state index in [1.54, 1.807) is 19.2 Å². The first-order valence-electron chi connectivity index (χ1n) is 13.1. The van der Waals surface area contributed by atoms with E-state index in [4.69, 9.17) is 9.84 Å². The van der Waals surface area contributed by atoms with E-state index in [2.05, 4.69) is 26.0 Å². The maximum atomic E-state index is 13.7. The first kappa shape index (κ1) is 25.1. The number of amides is 1. The lowest BCUT2D eigenvalue weighted by atomic mass is 9.45. The number of nitrogens with zero attached hydrogens (tertiary/aromatic N) is 1. The number of benzene rings is 3. The van der Waals surface area contributed by atoms with Crippen LogP contribution in [0.25, 0.3) is 11.1 Å². The van der Waals surface area contributed by atoms with Crippen molar-refractivity contribution in [3.8, 4) is 16.9 Å². The summed E-state index contributed by atoms with van der Waals surface area (Å²) >= 11 is 0. The molecule has 5 heteroatoms. The highest BCUT2D eigenvalue weighted by Crippen LogP contribution is 2.61. The Balaban J connectivity index is 1.36. The number of rotatable bonds is 8. The Bertz CT molecular complexity index is 1260. The van der Waals surface area contributed by atoms with Crippen LogP contribution in [-0.2, 0) is 6.54 Å². The molecule has 3 aromatic rings. The van der Waals surface area contributed by atoms with Crippen molar-refractivity contribution in [2.24, 2.45) is 23.2 Å².